The number of nitrogens with zero attached hydrogens (tertiary/aromatic N) is 3. The van der Waals surface area contributed by atoms with Crippen LogP contribution < -0.4 is 5.56 Å². The van der Waals surface area contributed by atoms with Crippen LogP contribution in [0.4, 0.5) is 0 Å². The third kappa shape index (κ3) is 1.83. The number of fused-ring (bicyclic) bond motifs is 1. The zero-order valence-corrected chi connectivity index (χ0v) is 10.5. The summed E-state index contributed by atoms with van der Waals surface area (Å²) >= 11 is 0. The minimum atomic E-state index is -1.36. The Labute approximate surface area is 112 Å². The lowest BCUT2D eigenvalue weighted by molar-refractivity contribution is -0.239. The van der Waals surface area contributed by atoms with E-state index in [2.05, 4.69) is 15.0 Å². The number of aliphatic hydroxyl groups excluding tert-OH is 3. The maximum Gasteiger partial charge on any atom is 0.278 e. The number of ether oxygens (including phenoxy) is 1. The molecule has 2 aromatic heterocycles. The summed E-state index contributed by atoms with van der Waals surface area (Å²) in [4.78, 5) is 21.9. The molecule has 0 amide bonds. The van der Waals surface area contributed by atoms with E-state index < -0.39 is 36.2 Å². The number of H-pyrrole nitrogens is 1. The van der Waals surface area contributed by atoms with Gasteiger partial charge in [0.1, 0.15) is 18.3 Å². The fraction of sp³-hybridized carbons (Fsp3) is 0.545. The van der Waals surface area contributed by atoms with E-state index in [-0.39, 0.29) is 11.2 Å². The number of hydrogen-bond acceptors (Lipinski definition) is 7. The maximum atomic E-state index is 11.6. The molecule has 108 valence electrons. The number of nitrogens with one attached hydrogen (secondary N) is 1. The summed E-state index contributed by atoms with van der Waals surface area (Å²) in [5.74, 6) is 0. The van der Waals surface area contributed by atoms with Crippen LogP contribution >= 0.6 is 0 Å². The highest BCUT2D eigenvalue weighted by atomic mass is 16.5. The summed E-state index contributed by atoms with van der Waals surface area (Å²) < 4.78 is 6.85. The van der Waals surface area contributed by atoms with E-state index in [4.69, 9.17) is 4.74 Å². The van der Waals surface area contributed by atoms with Crippen molar-refractivity contribution in [2.45, 2.75) is 37.6 Å². The van der Waals surface area contributed by atoms with Gasteiger partial charge in [-0.25, -0.2) is 9.97 Å². The molecule has 9 nitrogen and oxygen atoms in total. The highest BCUT2D eigenvalue weighted by Crippen LogP contribution is 2.29. The minimum Gasteiger partial charge on any atom is -0.388 e. The molecule has 1 saturated heterocycles. The Kier molecular flexibility index (Phi) is 3.05. The van der Waals surface area contributed by atoms with Crippen LogP contribution in [-0.4, -0.2) is 59.3 Å². The fourth-order valence-corrected chi connectivity index (χ4v) is 2.31. The second-order valence-corrected chi connectivity index (χ2v) is 4.76. The smallest absolute Gasteiger partial charge is 0.278 e. The van der Waals surface area contributed by atoms with Crippen molar-refractivity contribution >= 4 is 11.2 Å². The Morgan fingerprint density at radius 1 is 1.25 bits per heavy atom. The molecule has 9 heteroatoms. The summed E-state index contributed by atoms with van der Waals surface area (Å²) in [5, 5.41) is 29.5. The topological polar surface area (TPSA) is 133 Å². The van der Waals surface area contributed by atoms with Gasteiger partial charge in [0.25, 0.3) is 5.56 Å². The van der Waals surface area contributed by atoms with Gasteiger partial charge in [0.2, 0.25) is 0 Å². The molecule has 0 radical (unpaired) electrons. The first-order valence-corrected chi connectivity index (χ1v) is 6.10. The van der Waals surface area contributed by atoms with Gasteiger partial charge in [0.05, 0.1) is 18.8 Å². The third-order valence-electron chi connectivity index (χ3n) is 3.47. The van der Waals surface area contributed by atoms with E-state index in [1.54, 1.807) is 6.92 Å². The lowest BCUT2D eigenvalue weighted by Crippen LogP contribution is -2.54. The average molecular weight is 282 g/mol. The van der Waals surface area contributed by atoms with Crippen LogP contribution in [0.5, 0.6) is 0 Å². The van der Waals surface area contributed by atoms with Gasteiger partial charge in [-0.2, -0.15) is 0 Å². The Hall–Kier alpha value is -1.81. The summed E-state index contributed by atoms with van der Waals surface area (Å²) in [7, 11) is 0. The lowest BCUT2D eigenvalue weighted by atomic mass is 9.99. The van der Waals surface area contributed by atoms with Crippen LogP contribution in [-0.2, 0) is 4.74 Å². The first-order chi connectivity index (χ1) is 9.50. The van der Waals surface area contributed by atoms with Crippen LogP contribution in [0, 0.1) is 0 Å². The lowest BCUT2D eigenvalue weighted by Gasteiger charge is -2.39. The molecule has 4 N–H and O–H groups in total. The average Bonchev–Trinajstić information content (AvgIpc) is 2.86. The van der Waals surface area contributed by atoms with Crippen molar-refractivity contribution in [3.63, 3.8) is 0 Å². The van der Waals surface area contributed by atoms with E-state index in [1.165, 1.54) is 17.2 Å². The number of hydrogen-bond donors (Lipinski definition) is 4. The van der Waals surface area contributed by atoms with Gasteiger partial charge >= 0.3 is 0 Å². The zero-order valence-electron chi connectivity index (χ0n) is 10.5. The second-order valence-electron chi connectivity index (χ2n) is 4.76. The van der Waals surface area contributed by atoms with E-state index in [0.717, 1.165) is 0 Å². The van der Waals surface area contributed by atoms with Gasteiger partial charge in [0, 0.05) is 0 Å². The number of imidazole rings is 1. The van der Waals surface area contributed by atoms with Gasteiger partial charge in [-0.05, 0) is 6.92 Å². The molecule has 0 unspecified atom stereocenters. The van der Waals surface area contributed by atoms with Crippen LogP contribution in [0.3, 0.4) is 0 Å². The van der Waals surface area contributed by atoms with E-state index in [1.807, 2.05) is 0 Å². The SMILES string of the molecule is C[C@@H]1O[C@H](n2cnc3c(=O)[nH]cnc32)[C@@H](O)[C@H](O)[C@@H]1O. The van der Waals surface area contributed by atoms with Crippen molar-refractivity contribution in [1.82, 2.24) is 19.5 Å². The summed E-state index contributed by atoms with van der Waals surface area (Å²) in [6.07, 6.45) is -3.05. The number of aromatic nitrogens is 4. The van der Waals surface area contributed by atoms with Gasteiger partial charge < -0.3 is 25.0 Å². The molecule has 0 aliphatic carbocycles. The molecule has 5 atom stereocenters. The number of aliphatic hydroxyl groups is 3. The number of rotatable bonds is 1. The summed E-state index contributed by atoms with van der Waals surface area (Å²) in [6.45, 7) is 1.58. The van der Waals surface area contributed by atoms with E-state index in [9.17, 15) is 20.1 Å². The molecule has 0 bridgehead atoms. The highest BCUT2D eigenvalue weighted by Gasteiger charge is 2.43. The van der Waals surface area contributed by atoms with Crippen LogP contribution in [0.15, 0.2) is 17.4 Å². The molecular weight excluding hydrogens is 268 g/mol. The van der Waals surface area contributed by atoms with Gasteiger partial charge in [0.15, 0.2) is 17.4 Å². The fourth-order valence-electron chi connectivity index (χ4n) is 2.31. The molecule has 0 aromatic carbocycles. The first kappa shape index (κ1) is 13.2. The van der Waals surface area contributed by atoms with Crippen molar-refractivity contribution in [2.24, 2.45) is 0 Å². The predicted molar refractivity (Wildman–Crippen MR) is 65.8 cm³/mol. The number of aromatic amines is 1. The standard InChI is InChI=1S/C11H14N4O5/c1-4-6(16)7(17)8(18)11(20-4)15-3-14-5-9(15)12-2-13-10(5)19/h2-4,6-8,11,16-18H,1H3,(H,12,13,19)/t4-,6+,7+,8-,11-/m0/s1. The van der Waals surface area contributed by atoms with E-state index in [0.29, 0.717) is 0 Å². The zero-order chi connectivity index (χ0) is 14.4. The Bertz CT molecular complexity index is 683. The van der Waals surface area contributed by atoms with Crippen LogP contribution in [0.1, 0.15) is 13.2 Å². The van der Waals surface area contributed by atoms with Gasteiger partial charge in [-0.1, -0.05) is 0 Å². The van der Waals surface area contributed by atoms with Gasteiger partial charge in [-0.3, -0.25) is 9.36 Å². The largest absolute Gasteiger partial charge is 0.388 e. The predicted octanol–water partition coefficient (Wildman–Crippen LogP) is -1.88. The van der Waals surface area contributed by atoms with Crippen molar-refractivity contribution in [3.05, 3.63) is 23.0 Å². The third-order valence-corrected chi connectivity index (χ3v) is 3.47. The van der Waals surface area contributed by atoms with Crippen LogP contribution in [0.2, 0.25) is 0 Å². The molecule has 0 saturated carbocycles. The molecule has 3 heterocycles. The van der Waals surface area contributed by atoms with Crippen molar-refractivity contribution in [2.75, 3.05) is 0 Å². The van der Waals surface area contributed by atoms with Crippen molar-refractivity contribution < 1.29 is 20.1 Å². The summed E-state index contributed by atoms with van der Waals surface area (Å²) in [5.41, 5.74) is -0.0714. The highest BCUT2D eigenvalue weighted by molar-refractivity contribution is 5.68. The van der Waals surface area contributed by atoms with Gasteiger partial charge in [-0.15, -0.1) is 0 Å². The van der Waals surface area contributed by atoms with Crippen molar-refractivity contribution in [1.29, 1.82) is 0 Å². The molecule has 1 fully saturated rings. The molecule has 3 rings (SSSR count). The minimum absolute atomic E-state index is 0.108. The Balaban J connectivity index is 2.07. The summed E-state index contributed by atoms with van der Waals surface area (Å²) in [6, 6.07) is 0. The molecule has 2 aromatic rings. The second kappa shape index (κ2) is 4.63. The van der Waals surface area contributed by atoms with Crippen molar-refractivity contribution in [3.8, 4) is 0 Å². The Morgan fingerprint density at radius 3 is 2.75 bits per heavy atom. The quantitative estimate of drug-likeness (QED) is 0.481. The first-order valence-electron chi connectivity index (χ1n) is 6.10. The molecular formula is C11H14N4O5. The molecule has 1 aliphatic heterocycles. The van der Waals surface area contributed by atoms with Crippen LogP contribution in [0.25, 0.3) is 11.2 Å². The molecule has 0 spiro atoms. The van der Waals surface area contributed by atoms with E-state index >= 15 is 0 Å². The molecule has 20 heavy (non-hydrogen) atoms. The maximum absolute atomic E-state index is 11.6. The monoisotopic (exact) mass is 282 g/mol. The normalized spacial score (nSPS) is 34.5. The molecule has 1 aliphatic rings. The Morgan fingerprint density at radius 2 is 2.00 bits per heavy atom.